The second-order valence-electron chi connectivity index (χ2n) is 11.2. The first-order chi connectivity index (χ1) is 20.2. The van der Waals surface area contributed by atoms with Crippen molar-refractivity contribution in [1.82, 2.24) is 25.6 Å². The van der Waals surface area contributed by atoms with Crippen molar-refractivity contribution in [2.45, 2.75) is 68.0 Å². The summed E-state index contributed by atoms with van der Waals surface area (Å²) in [7, 11) is 0. The van der Waals surface area contributed by atoms with Crippen LogP contribution in [0.15, 0.2) is 66.2 Å². The van der Waals surface area contributed by atoms with Gasteiger partial charge in [-0.15, -0.1) is 0 Å². The number of ketones is 1. The monoisotopic (exact) mass is 580 g/mol. The standard InChI is InChI=1S/C30H31F3N6O3/c31-30(32,33)21-4-1-3-19(15-21)23-16-24(42-39-23)26(40)28(11-14-34-18-28)38-22-7-9-29(41,10-8-22)25-6-5-20(17-37-25)27-35-12-2-13-36-27/h1-6,12-13,15,17,22,24,34,38,41H,7-11,14,16,18H2/t22?,24?,28-,29?/m0/s1. The number of nitrogens with zero attached hydrogens (tertiary/aromatic N) is 4. The van der Waals surface area contributed by atoms with Gasteiger partial charge in [-0.1, -0.05) is 17.3 Å². The molecule has 42 heavy (non-hydrogen) atoms. The van der Waals surface area contributed by atoms with Crippen LogP contribution in [-0.2, 0) is 21.4 Å². The fourth-order valence-corrected chi connectivity index (χ4v) is 6.10. The quantitative estimate of drug-likeness (QED) is 0.386. The number of carbonyl (C=O) groups is 1. The van der Waals surface area contributed by atoms with E-state index in [4.69, 9.17) is 4.84 Å². The van der Waals surface area contributed by atoms with Gasteiger partial charge in [-0.3, -0.25) is 9.78 Å². The van der Waals surface area contributed by atoms with E-state index in [-0.39, 0.29) is 23.8 Å². The van der Waals surface area contributed by atoms with Crippen molar-refractivity contribution < 1.29 is 27.9 Å². The molecule has 3 aromatic rings. The molecule has 6 rings (SSSR count). The van der Waals surface area contributed by atoms with Gasteiger partial charge in [0, 0.05) is 48.7 Å². The summed E-state index contributed by atoms with van der Waals surface area (Å²) in [6, 6.07) is 10.3. The number of pyridine rings is 1. The van der Waals surface area contributed by atoms with Crippen molar-refractivity contribution in [3.8, 4) is 11.4 Å². The number of Topliss-reactive ketones (excluding diaryl/α,β-unsaturated/α-hetero) is 1. The van der Waals surface area contributed by atoms with Crippen molar-refractivity contribution in [3.63, 3.8) is 0 Å². The number of hydrogen-bond acceptors (Lipinski definition) is 9. The summed E-state index contributed by atoms with van der Waals surface area (Å²) < 4.78 is 39.6. The molecule has 4 heterocycles. The smallest absolute Gasteiger partial charge is 0.384 e. The van der Waals surface area contributed by atoms with E-state index in [0.29, 0.717) is 62.4 Å². The Balaban J connectivity index is 1.09. The molecule has 1 aromatic carbocycles. The Labute approximate surface area is 240 Å². The lowest BCUT2D eigenvalue weighted by Crippen LogP contribution is -2.61. The zero-order chi connectivity index (χ0) is 29.4. The van der Waals surface area contributed by atoms with Crippen LogP contribution in [0.1, 0.15) is 55.3 Å². The first kappa shape index (κ1) is 28.4. The number of benzene rings is 1. The van der Waals surface area contributed by atoms with Crippen LogP contribution < -0.4 is 10.6 Å². The highest BCUT2D eigenvalue weighted by Gasteiger charge is 2.49. The Morgan fingerprint density at radius 1 is 1.02 bits per heavy atom. The minimum atomic E-state index is -4.47. The van der Waals surface area contributed by atoms with E-state index >= 15 is 0 Å². The number of aliphatic hydroxyl groups is 1. The fourth-order valence-electron chi connectivity index (χ4n) is 6.10. The Kier molecular flexibility index (Phi) is 7.54. The van der Waals surface area contributed by atoms with Crippen LogP contribution in [0.2, 0.25) is 0 Å². The van der Waals surface area contributed by atoms with Gasteiger partial charge in [0.05, 0.1) is 22.5 Å². The molecular weight excluding hydrogens is 549 g/mol. The van der Waals surface area contributed by atoms with Gasteiger partial charge in [0.15, 0.2) is 17.7 Å². The van der Waals surface area contributed by atoms with E-state index in [1.54, 1.807) is 24.7 Å². The van der Waals surface area contributed by atoms with Crippen molar-refractivity contribution in [3.05, 3.63) is 77.9 Å². The maximum absolute atomic E-state index is 13.8. The minimum absolute atomic E-state index is 0.0172. The summed E-state index contributed by atoms with van der Waals surface area (Å²) in [5, 5.41) is 22.3. The Hall–Kier alpha value is -3.74. The third-order valence-electron chi connectivity index (χ3n) is 8.47. The second-order valence-corrected chi connectivity index (χ2v) is 11.2. The maximum Gasteiger partial charge on any atom is 0.416 e. The van der Waals surface area contributed by atoms with Gasteiger partial charge in [-0.25, -0.2) is 9.97 Å². The van der Waals surface area contributed by atoms with Crippen LogP contribution in [0.4, 0.5) is 13.2 Å². The normalized spacial score (nSPS) is 27.9. The molecule has 2 atom stereocenters. The molecule has 0 bridgehead atoms. The number of aromatic nitrogens is 3. The van der Waals surface area contributed by atoms with Crippen LogP contribution in [-0.4, -0.2) is 62.3 Å². The number of halogens is 3. The zero-order valence-electron chi connectivity index (χ0n) is 22.8. The highest BCUT2D eigenvalue weighted by Crippen LogP contribution is 2.38. The van der Waals surface area contributed by atoms with Gasteiger partial charge < -0.3 is 20.6 Å². The molecule has 1 unspecified atom stereocenters. The highest BCUT2D eigenvalue weighted by atomic mass is 19.4. The van der Waals surface area contributed by atoms with Crippen LogP contribution in [0, 0.1) is 0 Å². The van der Waals surface area contributed by atoms with E-state index in [2.05, 4.69) is 30.7 Å². The van der Waals surface area contributed by atoms with E-state index in [1.165, 1.54) is 12.1 Å². The molecule has 3 N–H and O–H groups in total. The molecule has 12 heteroatoms. The number of carbonyl (C=O) groups excluding carboxylic acids is 1. The minimum Gasteiger partial charge on any atom is -0.384 e. The van der Waals surface area contributed by atoms with Crippen LogP contribution in [0.5, 0.6) is 0 Å². The van der Waals surface area contributed by atoms with E-state index < -0.39 is 29.0 Å². The predicted molar refractivity (Wildman–Crippen MR) is 147 cm³/mol. The van der Waals surface area contributed by atoms with Crippen molar-refractivity contribution in [2.75, 3.05) is 13.1 Å². The van der Waals surface area contributed by atoms with Gasteiger partial charge in [0.2, 0.25) is 0 Å². The third-order valence-corrected chi connectivity index (χ3v) is 8.47. The largest absolute Gasteiger partial charge is 0.416 e. The SMILES string of the molecule is O=C(C1CC(c2cccc(C(F)(F)F)c2)=NO1)[C@]1(NC2CCC(O)(c3ccc(-c4ncccn4)cn3)CC2)CCNC1. The van der Waals surface area contributed by atoms with Gasteiger partial charge >= 0.3 is 6.18 Å². The molecule has 2 aliphatic heterocycles. The summed E-state index contributed by atoms with van der Waals surface area (Å²) in [6.07, 6.45) is 2.49. The summed E-state index contributed by atoms with van der Waals surface area (Å²) in [5.74, 6) is 0.398. The van der Waals surface area contributed by atoms with Crippen LogP contribution >= 0.6 is 0 Å². The molecule has 1 aliphatic carbocycles. The lowest BCUT2D eigenvalue weighted by Gasteiger charge is -2.40. The number of oxime groups is 1. The summed E-state index contributed by atoms with van der Waals surface area (Å²) >= 11 is 0. The lowest BCUT2D eigenvalue weighted by molar-refractivity contribution is -0.137. The van der Waals surface area contributed by atoms with Gasteiger partial charge in [-0.05, 0) is 69.0 Å². The Bertz CT molecular complexity index is 1450. The molecule has 2 aromatic heterocycles. The first-order valence-corrected chi connectivity index (χ1v) is 14.0. The van der Waals surface area contributed by atoms with Crippen molar-refractivity contribution >= 4 is 11.5 Å². The summed E-state index contributed by atoms with van der Waals surface area (Å²) in [5.41, 5.74) is -0.781. The molecule has 3 aliphatic rings. The number of hydrogen-bond donors (Lipinski definition) is 3. The average molecular weight is 581 g/mol. The summed E-state index contributed by atoms with van der Waals surface area (Å²) in [4.78, 5) is 32.3. The van der Waals surface area contributed by atoms with Crippen LogP contribution in [0.3, 0.4) is 0 Å². The maximum atomic E-state index is 13.8. The fraction of sp³-hybridized carbons (Fsp3) is 0.433. The molecule has 9 nitrogen and oxygen atoms in total. The van der Waals surface area contributed by atoms with E-state index in [9.17, 15) is 23.1 Å². The number of rotatable bonds is 7. The van der Waals surface area contributed by atoms with Crippen LogP contribution in [0.25, 0.3) is 11.4 Å². The van der Waals surface area contributed by atoms with Crippen molar-refractivity contribution in [2.24, 2.45) is 5.16 Å². The molecule has 0 radical (unpaired) electrons. The molecule has 0 amide bonds. The first-order valence-electron chi connectivity index (χ1n) is 14.0. The highest BCUT2D eigenvalue weighted by molar-refractivity contribution is 6.06. The van der Waals surface area contributed by atoms with E-state index in [1.807, 2.05) is 12.1 Å². The molecule has 0 spiro atoms. The zero-order valence-corrected chi connectivity index (χ0v) is 22.8. The third kappa shape index (κ3) is 5.66. The summed E-state index contributed by atoms with van der Waals surface area (Å²) in [6.45, 7) is 1.06. The molecule has 2 fully saturated rings. The predicted octanol–water partition coefficient (Wildman–Crippen LogP) is 3.77. The van der Waals surface area contributed by atoms with Crippen molar-refractivity contribution in [1.29, 1.82) is 0 Å². The lowest BCUT2D eigenvalue weighted by atomic mass is 9.78. The van der Waals surface area contributed by atoms with E-state index in [0.717, 1.165) is 17.7 Å². The molecule has 1 saturated carbocycles. The topological polar surface area (TPSA) is 122 Å². The van der Waals surface area contributed by atoms with Gasteiger partial charge in [0.1, 0.15) is 5.60 Å². The molecular formula is C30H31F3N6O3. The average Bonchev–Trinajstić information content (AvgIpc) is 3.70. The Morgan fingerprint density at radius 3 is 2.48 bits per heavy atom. The molecule has 220 valence electrons. The Morgan fingerprint density at radius 2 is 1.81 bits per heavy atom. The van der Waals surface area contributed by atoms with Gasteiger partial charge in [-0.2, -0.15) is 13.2 Å². The number of nitrogens with one attached hydrogen (secondary N) is 2. The van der Waals surface area contributed by atoms with Gasteiger partial charge in [0.25, 0.3) is 0 Å². The second kappa shape index (κ2) is 11.2. The number of alkyl halides is 3. The molecule has 1 saturated heterocycles.